The maximum Gasteiger partial charge on any atom is 0.0719 e. The van der Waals surface area contributed by atoms with Gasteiger partial charge in [-0.05, 0) is 24.5 Å². The molecule has 0 spiro atoms. The van der Waals surface area contributed by atoms with Crippen molar-refractivity contribution >= 4 is 0 Å². The second kappa shape index (κ2) is 5.55. The van der Waals surface area contributed by atoms with Gasteiger partial charge in [-0.15, -0.1) is 6.58 Å². The summed E-state index contributed by atoms with van der Waals surface area (Å²) in [5, 5.41) is 0. The lowest BCUT2D eigenvalue weighted by molar-refractivity contribution is 0.125. The molecule has 0 saturated carbocycles. The molecule has 0 aromatic heterocycles. The van der Waals surface area contributed by atoms with Gasteiger partial charge in [-0.2, -0.15) is 0 Å². The molecule has 1 aromatic carbocycles. The Labute approximate surface area is 80.0 Å². The lowest BCUT2D eigenvalue weighted by Gasteiger charge is -2.05. The van der Waals surface area contributed by atoms with Crippen LogP contribution in [0.2, 0.25) is 0 Å². The number of ether oxygens (including phenoxy) is 1. The van der Waals surface area contributed by atoms with Crippen LogP contribution in [0.4, 0.5) is 0 Å². The first kappa shape index (κ1) is 10.0. The molecular weight excluding hydrogens is 160 g/mol. The van der Waals surface area contributed by atoms with Crippen molar-refractivity contribution in [3.8, 4) is 0 Å². The van der Waals surface area contributed by atoms with Crippen LogP contribution < -0.4 is 0 Å². The van der Waals surface area contributed by atoms with Crippen LogP contribution in [0.3, 0.4) is 0 Å². The van der Waals surface area contributed by atoms with Gasteiger partial charge in [-0.1, -0.05) is 30.3 Å². The van der Waals surface area contributed by atoms with Crippen molar-refractivity contribution in [1.29, 1.82) is 0 Å². The van der Waals surface area contributed by atoms with Crippen molar-refractivity contribution in [1.82, 2.24) is 0 Å². The van der Waals surface area contributed by atoms with Crippen LogP contribution in [0.1, 0.15) is 17.5 Å². The Bertz CT molecular complexity index is 266. The number of rotatable bonds is 5. The molecule has 1 rings (SSSR count). The zero-order valence-corrected chi connectivity index (χ0v) is 8.12. The molecule has 0 radical (unpaired) electrons. The van der Waals surface area contributed by atoms with Crippen molar-refractivity contribution < 1.29 is 4.74 Å². The van der Waals surface area contributed by atoms with Crippen LogP contribution in [0, 0.1) is 6.92 Å². The number of hydrogen-bond donors (Lipinski definition) is 0. The summed E-state index contributed by atoms with van der Waals surface area (Å²) in [6.45, 7) is 7.22. The standard InChI is InChI=1S/C12H16O/c1-3-4-9-13-10-12-8-6-5-7-11(12)2/h3,5-8H,1,4,9-10H2,2H3. The first-order valence-electron chi connectivity index (χ1n) is 4.57. The molecule has 13 heavy (non-hydrogen) atoms. The summed E-state index contributed by atoms with van der Waals surface area (Å²) < 4.78 is 5.47. The Balaban J connectivity index is 2.36. The van der Waals surface area contributed by atoms with E-state index in [1.807, 2.05) is 18.2 Å². The minimum atomic E-state index is 0.709. The zero-order chi connectivity index (χ0) is 9.52. The number of aryl methyl sites for hydroxylation is 1. The summed E-state index contributed by atoms with van der Waals surface area (Å²) in [5.41, 5.74) is 2.56. The molecule has 1 heteroatoms. The molecule has 1 nitrogen and oxygen atoms in total. The van der Waals surface area contributed by atoms with Gasteiger partial charge in [-0.25, -0.2) is 0 Å². The highest BCUT2D eigenvalue weighted by Gasteiger charge is 1.95. The van der Waals surface area contributed by atoms with Gasteiger partial charge in [0.05, 0.1) is 13.2 Å². The van der Waals surface area contributed by atoms with Crippen LogP contribution in [-0.4, -0.2) is 6.61 Å². The SMILES string of the molecule is C=CCCOCc1ccccc1C. The van der Waals surface area contributed by atoms with Crippen molar-refractivity contribution in [2.45, 2.75) is 20.0 Å². The Morgan fingerprint density at radius 1 is 1.38 bits per heavy atom. The smallest absolute Gasteiger partial charge is 0.0719 e. The lowest BCUT2D eigenvalue weighted by Crippen LogP contribution is -1.96. The maximum atomic E-state index is 5.47. The lowest BCUT2D eigenvalue weighted by atomic mass is 10.1. The highest BCUT2D eigenvalue weighted by Crippen LogP contribution is 2.08. The fraction of sp³-hybridized carbons (Fsp3) is 0.333. The van der Waals surface area contributed by atoms with Crippen molar-refractivity contribution in [2.75, 3.05) is 6.61 Å². The molecule has 0 aliphatic carbocycles. The third kappa shape index (κ3) is 3.43. The summed E-state index contributed by atoms with van der Waals surface area (Å²) in [6, 6.07) is 8.29. The van der Waals surface area contributed by atoms with Crippen molar-refractivity contribution in [3.63, 3.8) is 0 Å². The normalized spacial score (nSPS) is 9.92. The minimum absolute atomic E-state index is 0.709. The molecule has 0 fully saturated rings. The maximum absolute atomic E-state index is 5.47. The molecule has 1 aromatic rings. The van der Waals surface area contributed by atoms with E-state index in [2.05, 4.69) is 25.6 Å². The van der Waals surface area contributed by atoms with Gasteiger partial charge in [-0.3, -0.25) is 0 Å². The highest BCUT2D eigenvalue weighted by atomic mass is 16.5. The molecule has 0 atom stereocenters. The average molecular weight is 176 g/mol. The summed E-state index contributed by atoms with van der Waals surface area (Å²) in [7, 11) is 0. The Morgan fingerprint density at radius 3 is 2.85 bits per heavy atom. The quantitative estimate of drug-likeness (QED) is 0.495. The van der Waals surface area contributed by atoms with Gasteiger partial charge in [0.2, 0.25) is 0 Å². The van der Waals surface area contributed by atoms with Crippen LogP contribution in [0.25, 0.3) is 0 Å². The van der Waals surface area contributed by atoms with E-state index in [-0.39, 0.29) is 0 Å². The highest BCUT2D eigenvalue weighted by molar-refractivity contribution is 5.24. The Hall–Kier alpha value is -1.08. The van der Waals surface area contributed by atoms with Gasteiger partial charge in [0.1, 0.15) is 0 Å². The zero-order valence-electron chi connectivity index (χ0n) is 8.12. The summed E-state index contributed by atoms with van der Waals surface area (Å²) in [6.07, 6.45) is 2.80. The predicted octanol–water partition coefficient (Wildman–Crippen LogP) is 3.09. The van der Waals surface area contributed by atoms with Crippen LogP contribution in [0.15, 0.2) is 36.9 Å². The third-order valence-electron chi connectivity index (χ3n) is 1.99. The third-order valence-corrected chi connectivity index (χ3v) is 1.99. The largest absolute Gasteiger partial charge is 0.376 e. The van der Waals surface area contributed by atoms with Crippen LogP contribution >= 0.6 is 0 Å². The predicted molar refractivity (Wildman–Crippen MR) is 55.6 cm³/mol. The molecule has 0 aliphatic rings. The molecule has 0 aliphatic heterocycles. The summed E-state index contributed by atoms with van der Waals surface area (Å²) in [4.78, 5) is 0. The van der Waals surface area contributed by atoms with Crippen molar-refractivity contribution in [3.05, 3.63) is 48.0 Å². The van der Waals surface area contributed by atoms with E-state index < -0.39 is 0 Å². The molecule has 0 bridgehead atoms. The van der Waals surface area contributed by atoms with Crippen LogP contribution in [-0.2, 0) is 11.3 Å². The molecule has 0 heterocycles. The van der Waals surface area contributed by atoms with Gasteiger partial charge >= 0.3 is 0 Å². The number of hydrogen-bond acceptors (Lipinski definition) is 1. The summed E-state index contributed by atoms with van der Waals surface area (Å²) in [5.74, 6) is 0. The second-order valence-corrected chi connectivity index (χ2v) is 3.06. The molecule has 0 N–H and O–H groups in total. The molecule has 0 saturated heterocycles. The van der Waals surface area contributed by atoms with Gasteiger partial charge < -0.3 is 4.74 Å². The van der Waals surface area contributed by atoms with Gasteiger partial charge in [0.15, 0.2) is 0 Å². The minimum Gasteiger partial charge on any atom is -0.376 e. The first-order chi connectivity index (χ1) is 6.34. The van der Waals surface area contributed by atoms with E-state index in [4.69, 9.17) is 4.74 Å². The van der Waals surface area contributed by atoms with E-state index in [1.54, 1.807) is 0 Å². The molecule has 0 unspecified atom stereocenters. The van der Waals surface area contributed by atoms with E-state index in [1.165, 1.54) is 11.1 Å². The fourth-order valence-corrected chi connectivity index (χ4v) is 1.12. The first-order valence-corrected chi connectivity index (χ1v) is 4.57. The summed E-state index contributed by atoms with van der Waals surface area (Å²) >= 11 is 0. The molecule has 0 amide bonds. The van der Waals surface area contributed by atoms with E-state index in [9.17, 15) is 0 Å². The topological polar surface area (TPSA) is 9.23 Å². The average Bonchev–Trinajstić information content (AvgIpc) is 2.15. The Morgan fingerprint density at radius 2 is 2.15 bits per heavy atom. The monoisotopic (exact) mass is 176 g/mol. The number of benzene rings is 1. The van der Waals surface area contributed by atoms with Crippen LogP contribution in [0.5, 0.6) is 0 Å². The van der Waals surface area contributed by atoms with E-state index >= 15 is 0 Å². The molecular formula is C12H16O. The van der Waals surface area contributed by atoms with Gasteiger partial charge in [0, 0.05) is 0 Å². The van der Waals surface area contributed by atoms with E-state index in [0.29, 0.717) is 6.61 Å². The Kier molecular flexibility index (Phi) is 4.27. The van der Waals surface area contributed by atoms with Crippen molar-refractivity contribution in [2.24, 2.45) is 0 Å². The van der Waals surface area contributed by atoms with Gasteiger partial charge in [0.25, 0.3) is 0 Å². The second-order valence-electron chi connectivity index (χ2n) is 3.06. The fourth-order valence-electron chi connectivity index (χ4n) is 1.12. The van der Waals surface area contributed by atoms with E-state index in [0.717, 1.165) is 13.0 Å². The molecule has 70 valence electrons.